The quantitative estimate of drug-likeness (QED) is 0.540. The Morgan fingerprint density at radius 2 is 2.22 bits per heavy atom. The van der Waals surface area contributed by atoms with E-state index < -0.39 is 11.6 Å². The van der Waals surface area contributed by atoms with E-state index in [2.05, 4.69) is 10.6 Å². The zero-order chi connectivity index (χ0) is 16.9. The molecule has 2 atom stereocenters. The molecule has 0 radical (unpaired) electrons. The molecule has 2 N–H and O–H groups in total. The van der Waals surface area contributed by atoms with Crippen LogP contribution in [0.3, 0.4) is 0 Å². The normalized spacial score (nSPS) is 27.4. The van der Waals surface area contributed by atoms with Crippen LogP contribution in [0.1, 0.15) is 46.0 Å². The summed E-state index contributed by atoms with van der Waals surface area (Å²) in [5, 5.41) is 5.56. The lowest BCUT2D eigenvalue weighted by Crippen LogP contribution is -2.54. The summed E-state index contributed by atoms with van der Waals surface area (Å²) in [4.78, 5) is 37.8. The Morgan fingerprint density at radius 3 is 2.91 bits per heavy atom. The van der Waals surface area contributed by atoms with Crippen molar-refractivity contribution in [1.82, 2.24) is 15.5 Å². The molecule has 1 saturated heterocycles. The minimum Gasteiger partial charge on any atom is -0.382 e. The Labute approximate surface area is 137 Å². The molecule has 2 aliphatic rings. The molecule has 0 aromatic carbocycles. The van der Waals surface area contributed by atoms with Crippen molar-refractivity contribution >= 4 is 17.8 Å². The third-order valence-corrected chi connectivity index (χ3v) is 4.79. The smallest absolute Gasteiger partial charge is 0.325 e. The molecular formula is C16H27N3O4. The highest BCUT2D eigenvalue weighted by atomic mass is 16.5. The molecular weight excluding hydrogens is 298 g/mol. The number of rotatable bonds is 7. The van der Waals surface area contributed by atoms with Gasteiger partial charge in [-0.3, -0.25) is 14.5 Å². The zero-order valence-corrected chi connectivity index (χ0v) is 14.0. The van der Waals surface area contributed by atoms with Gasteiger partial charge < -0.3 is 15.4 Å². The van der Waals surface area contributed by atoms with E-state index in [9.17, 15) is 14.4 Å². The fourth-order valence-corrected chi connectivity index (χ4v) is 3.38. The Kier molecular flexibility index (Phi) is 5.98. The molecule has 7 nitrogen and oxygen atoms in total. The van der Waals surface area contributed by atoms with Crippen molar-refractivity contribution in [3.05, 3.63) is 0 Å². The molecule has 0 unspecified atom stereocenters. The van der Waals surface area contributed by atoms with Crippen LogP contribution < -0.4 is 10.6 Å². The summed E-state index contributed by atoms with van der Waals surface area (Å²) in [6, 6.07) is -0.451. The highest BCUT2D eigenvalue weighted by Crippen LogP contribution is 2.38. The summed E-state index contributed by atoms with van der Waals surface area (Å²) < 4.78 is 5.19. The van der Waals surface area contributed by atoms with Crippen LogP contribution in [0.4, 0.5) is 4.79 Å². The summed E-state index contributed by atoms with van der Waals surface area (Å²) in [6.07, 6.45) is 4.29. The summed E-state index contributed by atoms with van der Waals surface area (Å²) in [5.41, 5.74) is -0.801. The number of nitrogens with zero attached hydrogens (tertiary/aromatic N) is 1. The van der Waals surface area contributed by atoms with Crippen LogP contribution >= 0.6 is 0 Å². The van der Waals surface area contributed by atoms with E-state index in [1.165, 1.54) is 0 Å². The molecule has 23 heavy (non-hydrogen) atoms. The Bertz CT molecular complexity index is 468. The van der Waals surface area contributed by atoms with Crippen LogP contribution in [0.2, 0.25) is 0 Å². The molecule has 0 aromatic heterocycles. The van der Waals surface area contributed by atoms with Crippen molar-refractivity contribution in [2.45, 2.75) is 51.5 Å². The van der Waals surface area contributed by atoms with Gasteiger partial charge >= 0.3 is 6.03 Å². The molecule has 4 amide bonds. The fourth-order valence-electron chi connectivity index (χ4n) is 3.38. The standard InChI is InChI=1S/C16H27N3O4/c1-3-23-10-6-9-17-13(20)11-19-14(21)16(18-15(19)22)8-5-4-7-12(16)2/h12H,3-11H2,1-2H3,(H,17,20)(H,18,22)/t12-,16-/m0/s1. The monoisotopic (exact) mass is 325 g/mol. The zero-order valence-electron chi connectivity index (χ0n) is 14.0. The van der Waals surface area contributed by atoms with Gasteiger partial charge in [-0.15, -0.1) is 0 Å². The summed E-state index contributed by atoms with van der Waals surface area (Å²) in [5.74, 6) is -0.461. The first-order valence-corrected chi connectivity index (χ1v) is 8.50. The first kappa shape index (κ1) is 17.7. The van der Waals surface area contributed by atoms with Gasteiger partial charge in [-0.05, 0) is 32.1 Å². The number of carbonyl (C=O) groups is 3. The number of hydrogen-bond donors (Lipinski definition) is 2. The summed E-state index contributed by atoms with van der Waals surface area (Å²) in [6.45, 7) is 5.40. The van der Waals surface area contributed by atoms with Gasteiger partial charge in [0.25, 0.3) is 5.91 Å². The molecule has 7 heteroatoms. The van der Waals surface area contributed by atoms with Crippen LogP contribution in [-0.2, 0) is 14.3 Å². The van der Waals surface area contributed by atoms with E-state index in [4.69, 9.17) is 4.74 Å². The van der Waals surface area contributed by atoms with E-state index in [0.717, 1.165) is 24.2 Å². The Hall–Kier alpha value is -1.63. The number of urea groups is 1. The SMILES string of the molecule is CCOCCCNC(=O)CN1C(=O)N[C@]2(CCCC[C@@H]2C)C1=O. The number of nitrogens with one attached hydrogen (secondary N) is 2. The summed E-state index contributed by atoms with van der Waals surface area (Å²) in [7, 11) is 0. The maximum atomic E-state index is 12.7. The third-order valence-electron chi connectivity index (χ3n) is 4.79. The largest absolute Gasteiger partial charge is 0.382 e. The molecule has 1 spiro atoms. The molecule has 1 saturated carbocycles. The number of amides is 4. The number of carbonyl (C=O) groups excluding carboxylic acids is 3. The van der Waals surface area contributed by atoms with Gasteiger partial charge in [0.15, 0.2) is 0 Å². The van der Waals surface area contributed by atoms with Crippen LogP contribution in [0.15, 0.2) is 0 Å². The minimum atomic E-state index is -0.801. The molecule has 2 rings (SSSR count). The maximum absolute atomic E-state index is 12.7. The van der Waals surface area contributed by atoms with Crippen molar-refractivity contribution < 1.29 is 19.1 Å². The predicted molar refractivity (Wildman–Crippen MR) is 84.7 cm³/mol. The first-order valence-electron chi connectivity index (χ1n) is 8.50. The van der Waals surface area contributed by atoms with Crippen LogP contribution in [0.5, 0.6) is 0 Å². The number of imide groups is 1. The Morgan fingerprint density at radius 1 is 1.43 bits per heavy atom. The van der Waals surface area contributed by atoms with Gasteiger partial charge in [-0.1, -0.05) is 19.8 Å². The first-order chi connectivity index (χ1) is 11.0. The van der Waals surface area contributed by atoms with Gasteiger partial charge in [0.2, 0.25) is 5.91 Å². The van der Waals surface area contributed by atoms with Gasteiger partial charge in [-0.25, -0.2) is 4.79 Å². The van der Waals surface area contributed by atoms with E-state index in [-0.39, 0.29) is 24.3 Å². The van der Waals surface area contributed by atoms with Gasteiger partial charge in [0.05, 0.1) is 0 Å². The molecule has 1 aliphatic carbocycles. The van der Waals surface area contributed by atoms with Crippen LogP contribution in [-0.4, -0.2) is 54.6 Å². The van der Waals surface area contributed by atoms with Crippen molar-refractivity contribution in [2.24, 2.45) is 5.92 Å². The molecule has 130 valence electrons. The van der Waals surface area contributed by atoms with Crippen molar-refractivity contribution in [3.63, 3.8) is 0 Å². The number of ether oxygens (including phenoxy) is 1. The van der Waals surface area contributed by atoms with E-state index in [1.54, 1.807) is 0 Å². The second-order valence-electron chi connectivity index (χ2n) is 6.34. The topological polar surface area (TPSA) is 87.7 Å². The van der Waals surface area contributed by atoms with E-state index >= 15 is 0 Å². The second kappa shape index (κ2) is 7.77. The summed E-state index contributed by atoms with van der Waals surface area (Å²) >= 11 is 0. The van der Waals surface area contributed by atoms with Crippen LogP contribution in [0.25, 0.3) is 0 Å². The van der Waals surface area contributed by atoms with Gasteiger partial charge in [0, 0.05) is 19.8 Å². The molecule has 0 aromatic rings. The lowest BCUT2D eigenvalue weighted by Gasteiger charge is -2.36. The Balaban J connectivity index is 1.87. The fraction of sp³-hybridized carbons (Fsp3) is 0.812. The third kappa shape index (κ3) is 3.83. The minimum absolute atomic E-state index is 0.104. The van der Waals surface area contributed by atoms with Crippen LogP contribution in [0, 0.1) is 5.92 Å². The lowest BCUT2D eigenvalue weighted by molar-refractivity contribution is -0.137. The second-order valence-corrected chi connectivity index (χ2v) is 6.34. The van der Waals surface area contributed by atoms with Crippen molar-refractivity contribution in [2.75, 3.05) is 26.3 Å². The number of hydrogen-bond acceptors (Lipinski definition) is 4. The molecule has 2 fully saturated rings. The van der Waals surface area contributed by atoms with Crippen molar-refractivity contribution in [1.29, 1.82) is 0 Å². The maximum Gasteiger partial charge on any atom is 0.325 e. The van der Waals surface area contributed by atoms with Gasteiger partial charge in [-0.2, -0.15) is 0 Å². The average molecular weight is 325 g/mol. The van der Waals surface area contributed by atoms with E-state index in [0.29, 0.717) is 32.6 Å². The van der Waals surface area contributed by atoms with Gasteiger partial charge in [0.1, 0.15) is 12.1 Å². The lowest BCUT2D eigenvalue weighted by atomic mass is 9.73. The molecule has 0 bridgehead atoms. The highest BCUT2D eigenvalue weighted by molar-refractivity contribution is 6.09. The predicted octanol–water partition coefficient (Wildman–Crippen LogP) is 1.03. The molecule has 1 aliphatic heterocycles. The molecule has 1 heterocycles. The van der Waals surface area contributed by atoms with E-state index in [1.807, 2.05) is 13.8 Å². The highest BCUT2D eigenvalue weighted by Gasteiger charge is 2.55. The average Bonchev–Trinajstić information content (AvgIpc) is 2.75. The van der Waals surface area contributed by atoms with Crippen molar-refractivity contribution in [3.8, 4) is 0 Å².